The molecular weight excluding hydrogens is 542 g/mol. The number of aryl methyl sites for hydroxylation is 1. The Morgan fingerprint density at radius 3 is 2.32 bits per heavy atom. The smallest absolute Gasteiger partial charge is 0.195 e. The molecule has 6 nitrogen and oxygen atoms in total. The number of aromatic nitrogens is 1. The molecule has 0 radical (unpaired) electrons. The molecule has 1 aromatic heterocycles. The molecule has 3 aliphatic carbocycles. The summed E-state index contributed by atoms with van der Waals surface area (Å²) in [5.41, 5.74) is 7.41. The minimum atomic E-state index is -0.346. The number of fused-ring (bicyclic) bond motifs is 4. The SMILES string of the molecule is CCc1cc2c(cc1N1CCC(N3CCN(C4CCC4C4CCC4)CC3)CC1)C(C)(C)c1[nH]c3cc(C#N)ccc3c1C2=O. The highest BCUT2D eigenvalue weighted by Gasteiger charge is 2.44. The normalized spacial score (nSPS) is 26.1. The Hall–Kier alpha value is -3.14. The van der Waals surface area contributed by atoms with Gasteiger partial charge in [-0.3, -0.25) is 14.6 Å². The highest BCUT2D eigenvalue weighted by Crippen LogP contribution is 2.47. The number of hydrogen-bond donors (Lipinski definition) is 1. The van der Waals surface area contributed by atoms with Crippen LogP contribution < -0.4 is 4.90 Å². The first kappa shape index (κ1) is 28.3. The number of aromatic amines is 1. The van der Waals surface area contributed by atoms with E-state index in [0.29, 0.717) is 11.6 Å². The van der Waals surface area contributed by atoms with Crippen molar-refractivity contribution >= 4 is 22.4 Å². The standard InChI is InChI=1S/C38H47N5O/c1-4-25-21-30-31(38(2,3)37-35(36(30)44)29-9-8-24(23-39)20-32(29)40-37)22-34(25)42-14-12-27(13-15-42)41-16-18-43(19-17-41)33-11-10-28(33)26-6-5-7-26/h8-9,20-22,26-28,33,40H,4-7,10-19H2,1-3H3. The largest absolute Gasteiger partial charge is 0.371 e. The molecule has 2 aliphatic heterocycles. The van der Waals surface area contributed by atoms with Gasteiger partial charge in [0.05, 0.1) is 17.2 Å². The van der Waals surface area contributed by atoms with Gasteiger partial charge in [-0.15, -0.1) is 0 Å². The second-order valence-corrected chi connectivity index (χ2v) is 14.9. The zero-order valence-electron chi connectivity index (χ0n) is 26.8. The Morgan fingerprint density at radius 2 is 1.68 bits per heavy atom. The van der Waals surface area contributed by atoms with Gasteiger partial charge < -0.3 is 9.88 Å². The molecule has 0 spiro atoms. The van der Waals surface area contributed by atoms with Crippen molar-refractivity contribution in [2.24, 2.45) is 11.8 Å². The Morgan fingerprint density at radius 1 is 0.932 bits per heavy atom. The molecule has 5 aliphatic rings. The average molecular weight is 590 g/mol. The number of hydrogen-bond acceptors (Lipinski definition) is 5. The van der Waals surface area contributed by atoms with Gasteiger partial charge in [0.15, 0.2) is 5.78 Å². The quantitative estimate of drug-likeness (QED) is 0.362. The van der Waals surface area contributed by atoms with Crippen molar-refractivity contribution in [3.8, 4) is 6.07 Å². The molecule has 3 heterocycles. The molecule has 44 heavy (non-hydrogen) atoms. The minimum Gasteiger partial charge on any atom is -0.371 e. The predicted octanol–water partition coefficient (Wildman–Crippen LogP) is 6.64. The zero-order chi connectivity index (χ0) is 30.2. The fraction of sp³-hybridized carbons (Fsp3) is 0.579. The summed E-state index contributed by atoms with van der Waals surface area (Å²) in [7, 11) is 0. The van der Waals surface area contributed by atoms with Gasteiger partial charge in [0.2, 0.25) is 0 Å². The summed E-state index contributed by atoms with van der Waals surface area (Å²) < 4.78 is 0. The third-order valence-electron chi connectivity index (χ3n) is 12.5. The summed E-state index contributed by atoms with van der Waals surface area (Å²) in [5, 5.41) is 10.4. The molecule has 6 heteroatoms. The van der Waals surface area contributed by atoms with Crippen LogP contribution in [0.3, 0.4) is 0 Å². The second-order valence-electron chi connectivity index (χ2n) is 14.9. The fourth-order valence-electron chi connectivity index (χ4n) is 9.44. The highest BCUT2D eigenvalue weighted by atomic mass is 16.1. The molecule has 2 unspecified atom stereocenters. The first-order chi connectivity index (χ1) is 21.4. The van der Waals surface area contributed by atoms with E-state index in [1.165, 1.54) is 82.4 Å². The molecule has 2 saturated heterocycles. The van der Waals surface area contributed by atoms with Crippen molar-refractivity contribution in [1.82, 2.24) is 14.8 Å². The van der Waals surface area contributed by atoms with Crippen LogP contribution in [0.15, 0.2) is 30.3 Å². The van der Waals surface area contributed by atoms with Gasteiger partial charge in [-0.1, -0.05) is 46.1 Å². The van der Waals surface area contributed by atoms with E-state index in [2.05, 4.69) is 58.7 Å². The molecule has 1 N–H and O–H groups in total. The first-order valence-corrected chi connectivity index (χ1v) is 17.4. The molecule has 3 aromatic rings. The number of anilines is 1. The van der Waals surface area contributed by atoms with E-state index in [0.717, 1.165) is 70.7 Å². The van der Waals surface area contributed by atoms with Crippen LogP contribution in [0.25, 0.3) is 10.9 Å². The second kappa shape index (κ2) is 10.7. The number of rotatable bonds is 5. The van der Waals surface area contributed by atoms with Crippen molar-refractivity contribution < 1.29 is 4.79 Å². The van der Waals surface area contributed by atoms with Gasteiger partial charge in [-0.2, -0.15) is 5.26 Å². The Balaban J connectivity index is 0.983. The average Bonchev–Trinajstić information content (AvgIpc) is 3.41. The summed E-state index contributed by atoms with van der Waals surface area (Å²) in [6.07, 6.45) is 10.7. The van der Waals surface area contributed by atoms with Crippen LogP contribution >= 0.6 is 0 Å². The lowest BCUT2D eigenvalue weighted by Gasteiger charge is -2.53. The van der Waals surface area contributed by atoms with E-state index in [1.807, 2.05) is 18.2 Å². The Labute approximate surface area is 262 Å². The van der Waals surface area contributed by atoms with Gasteiger partial charge in [0, 0.05) is 84.6 Å². The summed E-state index contributed by atoms with van der Waals surface area (Å²) in [6, 6.07) is 14.0. The van der Waals surface area contributed by atoms with Gasteiger partial charge >= 0.3 is 0 Å². The number of piperidine rings is 1. The van der Waals surface area contributed by atoms with E-state index in [4.69, 9.17) is 0 Å². The molecular formula is C38H47N5O. The Kier molecular flexibility index (Phi) is 6.92. The van der Waals surface area contributed by atoms with Crippen molar-refractivity contribution in [1.29, 1.82) is 5.26 Å². The van der Waals surface area contributed by atoms with Crippen LogP contribution in [-0.4, -0.2) is 71.9 Å². The third-order valence-corrected chi connectivity index (χ3v) is 12.5. The number of nitrogens with one attached hydrogen (secondary N) is 1. The monoisotopic (exact) mass is 589 g/mol. The summed E-state index contributed by atoms with van der Waals surface area (Å²) in [4.78, 5) is 25.9. The fourth-order valence-corrected chi connectivity index (χ4v) is 9.44. The predicted molar refractivity (Wildman–Crippen MR) is 177 cm³/mol. The third kappa shape index (κ3) is 4.37. The molecule has 2 aromatic carbocycles. The topological polar surface area (TPSA) is 66.4 Å². The maximum Gasteiger partial charge on any atom is 0.195 e. The maximum absolute atomic E-state index is 14.0. The summed E-state index contributed by atoms with van der Waals surface area (Å²) in [6.45, 7) is 13.8. The van der Waals surface area contributed by atoms with Crippen LogP contribution in [0.5, 0.6) is 0 Å². The lowest BCUT2D eigenvalue weighted by atomic mass is 9.63. The van der Waals surface area contributed by atoms with Gasteiger partial charge in [0.1, 0.15) is 0 Å². The van der Waals surface area contributed by atoms with Crippen molar-refractivity contribution in [3.05, 3.63) is 63.8 Å². The molecule has 4 fully saturated rings. The van der Waals surface area contributed by atoms with Gasteiger partial charge in [-0.05, 0) is 79.3 Å². The van der Waals surface area contributed by atoms with Crippen LogP contribution in [-0.2, 0) is 11.8 Å². The van der Waals surface area contributed by atoms with Crippen LogP contribution in [0, 0.1) is 23.2 Å². The molecule has 2 saturated carbocycles. The van der Waals surface area contributed by atoms with Gasteiger partial charge in [-0.25, -0.2) is 0 Å². The Bertz CT molecular complexity index is 1640. The number of nitriles is 1. The maximum atomic E-state index is 14.0. The van der Waals surface area contributed by atoms with Crippen LogP contribution in [0.2, 0.25) is 0 Å². The van der Waals surface area contributed by atoms with E-state index in [-0.39, 0.29) is 11.2 Å². The summed E-state index contributed by atoms with van der Waals surface area (Å²) >= 11 is 0. The molecule has 0 amide bonds. The minimum absolute atomic E-state index is 0.102. The molecule has 230 valence electrons. The van der Waals surface area contributed by atoms with Crippen molar-refractivity contribution in [2.75, 3.05) is 44.2 Å². The number of nitrogens with zero attached hydrogens (tertiary/aromatic N) is 4. The van der Waals surface area contributed by atoms with E-state index < -0.39 is 0 Å². The number of piperazine rings is 1. The van der Waals surface area contributed by atoms with E-state index in [1.54, 1.807) is 0 Å². The molecule has 8 rings (SSSR count). The number of ketones is 1. The first-order valence-electron chi connectivity index (χ1n) is 17.4. The highest BCUT2D eigenvalue weighted by molar-refractivity contribution is 6.20. The van der Waals surface area contributed by atoms with Crippen molar-refractivity contribution in [3.63, 3.8) is 0 Å². The number of H-pyrrole nitrogens is 1. The van der Waals surface area contributed by atoms with Crippen LogP contribution in [0.1, 0.15) is 104 Å². The van der Waals surface area contributed by atoms with E-state index in [9.17, 15) is 10.1 Å². The van der Waals surface area contributed by atoms with Gasteiger partial charge in [0.25, 0.3) is 0 Å². The number of benzene rings is 2. The van der Waals surface area contributed by atoms with E-state index >= 15 is 0 Å². The lowest BCUT2D eigenvalue weighted by molar-refractivity contribution is -0.0291. The molecule has 0 bridgehead atoms. The lowest BCUT2D eigenvalue weighted by Crippen LogP contribution is -2.59. The summed E-state index contributed by atoms with van der Waals surface area (Å²) in [5.74, 6) is 2.14. The van der Waals surface area contributed by atoms with Crippen molar-refractivity contribution in [2.45, 2.75) is 89.6 Å². The zero-order valence-corrected chi connectivity index (χ0v) is 26.8. The number of carbonyl (C=O) groups is 1. The molecule has 2 atom stereocenters. The van der Waals surface area contributed by atoms with Crippen LogP contribution in [0.4, 0.5) is 5.69 Å². The number of carbonyl (C=O) groups excluding carboxylic acids is 1.